The predicted octanol–water partition coefficient (Wildman–Crippen LogP) is 1.46. The summed E-state index contributed by atoms with van der Waals surface area (Å²) < 4.78 is 28.8. The van der Waals surface area contributed by atoms with Crippen molar-refractivity contribution < 1.29 is 27.7 Å². The van der Waals surface area contributed by atoms with Crippen LogP contribution in [0.3, 0.4) is 0 Å². The number of amides is 1. The van der Waals surface area contributed by atoms with Crippen LogP contribution in [0.1, 0.15) is 25.3 Å². The van der Waals surface area contributed by atoms with E-state index in [0.717, 1.165) is 18.0 Å². The molecular weight excluding hydrogens is 396 g/mol. The molecule has 146 valence electrons. The number of ether oxygens (including phenoxy) is 1. The second-order valence-corrected chi connectivity index (χ2v) is 10.5. The van der Waals surface area contributed by atoms with Crippen molar-refractivity contribution in [3.63, 3.8) is 0 Å². The summed E-state index contributed by atoms with van der Waals surface area (Å²) in [5.41, 5.74) is 0.431. The summed E-state index contributed by atoms with van der Waals surface area (Å²) in [5.74, 6) is -1.06. The van der Waals surface area contributed by atoms with E-state index in [2.05, 4.69) is 0 Å². The van der Waals surface area contributed by atoms with Crippen LogP contribution in [0.25, 0.3) is 0 Å². The van der Waals surface area contributed by atoms with Gasteiger partial charge in [-0.25, -0.2) is 13.2 Å². The smallest absolute Gasteiger partial charge is 0.331 e. The van der Waals surface area contributed by atoms with Crippen molar-refractivity contribution in [3.05, 3.63) is 39.9 Å². The number of carbonyl (C=O) groups is 2. The van der Waals surface area contributed by atoms with E-state index in [4.69, 9.17) is 4.74 Å². The molecule has 1 unspecified atom stereocenters. The van der Waals surface area contributed by atoms with Crippen LogP contribution in [-0.2, 0) is 30.8 Å². The van der Waals surface area contributed by atoms with E-state index in [9.17, 15) is 28.1 Å². The Hall–Kier alpha value is -2.14. The van der Waals surface area contributed by atoms with Crippen molar-refractivity contribution in [2.45, 2.75) is 41.9 Å². The highest BCUT2D eigenvalue weighted by atomic mass is 32.3. The Morgan fingerprint density at radius 2 is 2.04 bits per heavy atom. The Balaban J connectivity index is 1.80. The third kappa shape index (κ3) is 3.18. The Morgan fingerprint density at radius 3 is 2.52 bits per heavy atom. The first kappa shape index (κ1) is 19.6. The predicted molar refractivity (Wildman–Crippen MR) is 97.4 cm³/mol. The van der Waals surface area contributed by atoms with Crippen molar-refractivity contribution in [1.82, 2.24) is 4.90 Å². The van der Waals surface area contributed by atoms with Crippen LogP contribution in [-0.4, -0.2) is 51.9 Å². The van der Waals surface area contributed by atoms with Crippen LogP contribution >= 0.6 is 11.8 Å². The van der Waals surface area contributed by atoms with Gasteiger partial charge in [-0.1, -0.05) is 6.92 Å². The van der Waals surface area contributed by atoms with Crippen LogP contribution in [0.4, 0.5) is 5.69 Å². The number of β-lactam (4-membered cyclic amide) rings is 1. The molecule has 3 atom stereocenters. The molecule has 1 amide bonds. The topological polar surface area (TPSA) is 124 Å². The van der Waals surface area contributed by atoms with Crippen LogP contribution in [0.5, 0.6) is 0 Å². The highest BCUT2D eigenvalue weighted by Gasteiger charge is 2.66. The number of hydrogen-bond acceptors (Lipinski definition) is 8. The van der Waals surface area contributed by atoms with E-state index in [1.165, 1.54) is 29.2 Å². The van der Waals surface area contributed by atoms with Crippen molar-refractivity contribution in [3.8, 4) is 0 Å². The zero-order valence-electron chi connectivity index (χ0n) is 14.7. The number of benzene rings is 1. The maximum Gasteiger partial charge on any atom is 0.331 e. The Morgan fingerprint density at radius 1 is 1.41 bits per heavy atom. The van der Waals surface area contributed by atoms with E-state index in [1.54, 1.807) is 6.92 Å². The number of sulfone groups is 1. The lowest BCUT2D eigenvalue weighted by Gasteiger charge is -2.37. The molecule has 27 heavy (non-hydrogen) atoms. The molecule has 2 aliphatic rings. The number of fused-ring (bicyclic) bond motifs is 1. The fourth-order valence-corrected chi connectivity index (χ4v) is 7.10. The van der Waals surface area contributed by atoms with Gasteiger partial charge in [-0.15, -0.1) is 11.8 Å². The molecule has 0 saturated carbocycles. The SMILES string of the molecule is CCC1(S(C)(=O)=O)S[C@@H]2CC(=O)N2[C@H]1C(=O)OCc1ccc([N+](=O)[O-])cc1. The molecule has 0 aliphatic carbocycles. The van der Waals surface area contributed by atoms with E-state index in [1.807, 2.05) is 0 Å². The van der Waals surface area contributed by atoms with Crippen LogP contribution in [0.2, 0.25) is 0 Å². The van der Waals surface area contributed by atoms with E-state index >= 15 is 0 Å². The number of thioether (sulfide) groups is 1. The van der Waals surface area contributed by atoms with Crippen molar-refractivity contribution in [2.75, 3.05) is 6.26 Å². The summed E-state index contributed by atoms with van der Waals surface area (Å²) in [6.45, 7) is 1.50. The largest absolute Gasteiger partial charge is 0.459 e. The first-order chi connectivity index (χ1) is 12.6. The maximum absolute atomic E-state index is 12.7. The van der Waals surface area contributed by atoms with E-state index < -0.39 is 30.9 Å². The second kappa shape index (κ2) is 6.79. The lowest BCUT2D eigenvalue weighted by Crippen LogP contribution is -2.59. The Labute approximate surface area is 160 Å². The zero-order valence-corrected chi connectivity index (χ0v) is 16.3. The second-order valence-electron chi connectivity index (χ2n) is 6.45. The number of esters is 1. The fraction of sp³-hybridized carbons (Fsp3) is 0.500. The summed E-state index contributed by atoms with van der Waals surface area (Å²) in [4.78, 5) is 36.2. The van der Waals surface area contributed by atoms with Crippen LogP contribution in [0.15, 0.2) is 24.3 Å². The number of nitro benzene ring substituents is 1. The Bertz CT molecular complexity index is 900. The molecular formula is C16H18N2O7S2. The summed E-state index contributed by atoms with van der Waals surface area (Å²) in [6, 6.07) is 4.28. The average Bonchev–Trinajstić information content (AvgIpc) is 2.89. The Kier molecular flexibility index (Phi) is 4.93. The summed E-state index contributed by atoms with van der Waals surface area (Å²) in [7, 11) is -3.66. The van der Waals surface area contributed by atoms with Gasteiger partial charge < -0.3 is 9.64 Å². The van der Waals surface area contributed by atoms with Crippen molar-refractivity contribution in [2.24, 2.45) is 0 Å². The fourth-order valence-electron chi connectivity index (χ4n) is 3.39. The highest BCUT2D eigenvalue weighted by molar-refractivity contribution is 8.15. The minimum Gasteiger partial charge on any atom is -0.459 e. The quantitative estimate of drug-likeness (QED) is 0.297. The van der Waals surface area contributed by atoms with Gasteiger partial charge in [0.25, 0.3) is 5.69 Å². The molecule has 1 aromatic rings. The zero-order chi connectivity index (χ0) is 20.0. The number of nitro groups is 1. The van der Waals surface area contributed by atoms with Gasteiger partial charge >= 0.3 is 5.97 Å². The van der Waals surface area contributed by atoms with Crippen LogP contribution < -0.4 is 0 Å². The van der Waals surface area contributed by atoms with Gasteiger partial charge in [0.2, 0.25) is 5.91 Å². The summed E-state index contributed by atoms with van der Waals surface area (Å²) in [6.07, 6.45) is 1.43. The molecule has 0 bridgehead atoms. The molecule has 0 radical (unpaired) electrons. The maximum atomic E-state index is 12.7. The average molecular weight is 414 g/mol. The molecule has 11 heteroatoms. The summed E-state index contributed by atoms with van der Waals surface area (Å²) >= 11 is 1.12. The van der Waals surface area contributed by atoms with Gasteiger partial charge in [-0.3, -0.25) is 14.9 Å². The van der Waals surface area contributed by atoms with Gasteiger partial charge in [0.15, 0.2) is 15.9 Å². The minimum atomic E-state index is -3.66. The molecule has 2 aliphatic heterocycles. The number of non-ortho nitro benzene ring substituents is 1. The van der Waals surface area contributed by atoms with Gasteiger partial charge in [-0.05, 0) is 24.1 Å². The minimum absolute atomic E-state index is 0.0895. The molecule has 0 aromatic heterocycles. The lowest BCUT2D eigenvalue weighted by atomic mass is 10.0. The van der Waals surface area contributed by atoms with Gasteiger partial charge in [0.1, 0.15) is 10.7 Å². The van der Waals surface area contributed by atoms with Gasteiger partial charge in [0, 0.05) is 18.4 Å². The third-order valence-electron chi connectivity index (χ3n) is 4.85. The highest BCUT2D eigenvalue weighted by Crippen LogP contribution is 2.55. The normalized spacial score (nSPS) is 27.0. The van der Waals surface area contributed by atoms with Crippen LogP contribution in [0, 0.1) is 10.1 Å². The number of rotatable bonds is 6. The lowest BCUT2D eigenvalue weighted by molar-refractivity contribution is -0.384. The molecule has 3 rings (SSSR count). The first-order valence-electron chi connectivity index (χ1n) is 8.19. The van der Waals surface area contributed by atoms with Crippen molar-refractivity contribution in [1.29, 1.82) is 0 Å². The number of nitrogens with zero attached hydrogens (tertiary/aromatic N) is 2. The number of hydrogen-bond donors (Lipinski definition) is 0. The van der Waals surface area contributed by atoms with Gasteiger partial charge in [0.05, 0.1) is 16.7 Å². The van der Waals surface area contributed by atoms with E-state index in [0.29, 0.717) is 5.56 Å². The third-order valence-corrected chi connectivity index (χ3v) is 9.39. The monoisotopic (exact) mass is 414 g/mol. The molecule has 2 fully saturated rings. The molecule has 9 nitrogen and oxygen atoms in total. The molecule has 1 aromatic carbocycles. The molecule has 2 heterocycles. The van der Waals surface area contributed by atoms with E-state index in [-0.39, 0.29) is 36.4 Å². The number of carbonyl (C=O) groups excluding carboxylic acids is 2. The molecule has 0 spiro atoms. The summed E-state index contributed by atoms with van der Waals surface area (Å²) in [5, 5.41) is 10.3. The molecule has 0 N–H and O–H groups in total. The van der Waals surface area contributed by atoms with Crippen molar-refractivity contribution >= 4 is 39.2 Å². The van der Waals surface area contributed by atoms with Gasteiger partial charge in [-0.2, -0.15) is 0 Å². The standard InChI is InChI=1S/C16H18N2O7S2/c1-3-16(27(2,23)24)14(17-12(19)8-13(17)26-16)15(20)25-9-10-4-6-11(7-5-10)18(21)22/h4-7,13-14H,3,8-9H2,1-2H3/t13-,14+,16?/m1/s1. The first-order valence-corrected chi connectivity index (χ1v) is 11.0. The molecule has 2 saturated heterocycles.